The number of carbonyl (C=O) groups is 2. The number of carboxylic acid groups (broad SMARTS) is 1. The first-order valence-electron chi connectivity index (χ1n) is 5.05. The van der Waals surface area contributed by atoms with Crippen LogP contribution in [0.1, 0.15) is 20.3 Å². The van der Waals surface area contributed by atoms with Crippen LogP contribution >= 0.6 is 15.9 Å². The molecular weight excluding hydrogens is 262 g/mol. The van der Waals surface area contributed by atoms with Crippen LogP contribution < -0.4 is 0 Å². The van der Waals surface area contributed by atoms with E-state index in [1.165, 1.54) is 4.90 Å². The Kier molecular flexibility index (Phi) is 4.13. The van der Waals surface area contributed by atoms with E-state index in [9.17, 15) is 9.59 Å². The molecule has 1 fully saturated rings. The van der Waals surface area contributed by atoms with Gasteiger partial charge in [0, 0.05) is 18.3 Å². The Labute approximate surface area is 97.8 Å². The smallest absolute Gasteiger partial charge is 0.326 e. The van der Waals surface area contributed by atoms with E-state index in [0.717, 1.165) is 5.33 Å². The number of alkyl halides is 1. The van der Waals surface area contributed by atoms with Crippen LogP contribution in [0.3, 0.4) is 0 Å². The van der Waals surface area contributed by atoms with Gasteiger partial charge in [0.25, 0.3) is 0 Å². The lowest BCUT2D eigenvalue weighted by atomic mass is 10.0. The molecule has 2 atom stereocenters. The number of amides is 1. The molecule has 0 aliphatic carbocycles. The van der Waals surface area contributed by atoms with E-state index >= 15 is 0 Å². The molecule has 5 heteroatoms. The number of nitrogens with zero attached hydrogens (tertiary/aromatic N) is 1. The zero-order valence-electron chi connectivity index (χ0n) is 8.94. The van der Waals surface area contributed by atoms with Crippen molar-refractivity contribution < 1.29 is 14.7 Å². The molecule has 1 saturated heterocycles. The standard InChI is InChI=1S/C10H16BrNO3/c1-6(2)9(10(14)15)12-5-7(4-11)3-8(12)13/h6-7,9H,3-5H2,1-2H3,(H,14,15). The van der Waals surface area contributed by atoms with E-state index in [1.807, 2.05) is 13.8 Å². The Morgan fingerprint density at radius 2 is 2.27 bits per heavy atom. The van der Waals surface area contributed by atoms with Crippen molar-refractivity contribution in [3.63, 3.8) is 0 Å². The molecule has 0 saturated carbocycles. The number of likely N-dealkylation sites (tertiary alicyclic amines) is 1. The lowest BCUT2D eigenvalue weighted by Gasteiger charge is -2.27. The molecule has 1 aliphatic rings. The molecule has 86 valence electrons. The molecule has 2 unspecified atom stereocenters. The quantitative estimate of drug-likeness (QED) is 0.789. The van der Waals surface area contributed by atoms with E-state index in [1.54, 1.807) is 0 Å². The minimum Gasteiger partial charge on any atom is -0.480 e. The number of rotatable bonds is 4. The Morgan fingerprint density at radius 1 is 1.67 bits per heavy atom. The third-order valence-corrected chi connectivity index (χ3v) is 3.59. The van der Waals surface area contributed by atoms with Crippen molar-refractivity contribution in [1.29, 1.82) is 0 Å². The van der Waals surface area contributed by atoms with Crippen molar-refractivity contribution in [1.82, 2.24) is 4.90 Å². The molecule has 1 aliphatic heterocycles. The molecule has 1 N–H and O–H groups in total. The predicted octanol–water partition coefficient (Wildman–Crippen LogP) is 1.34. The largest absolute Gasteiger partial charge is 0.480 e. The van der Waals surface area contributed by atoms with Crippen molar-refractivity contribution in [2.45, 2.75) is 26.3 Å². The van der Waals surface area contributed by atoms with E-state index in [4.69, 9.17) is 5.11 Å². The number of halogens is 1. The SMILES string of the molecule is CC(C)C(C(=O)O)N1CC(CBr)CC1=O. The fourth-order valence-electron chi connectivity index (χ4n) is 1.96. The molecule has 1 rings (SSSR count). The average molecular weight is 278 g/mol. The molecule has 15 heavy (non-hydrogen) atoms. The minimum atomic E-state index is -0.909. The first-order chi connectivity index (χ1) is 6.97. The van der Waals surface area contributed by atoms with Gasteiger partial charge in [-0.15, -0.1) is 0 Å². The highest BCUT2D eigenvalue weighted by molar-refractivity contribution is 9.09. The molecule has 0 aromatic heterocycles. The summed E-state index contributed by atoms with van der Waals surface area (Å²) < 4.78 is 0. The Bertz CT molecular complexity index is 267. The van der Waals surface area contributed by atoms with E-state index in [-0.39, 0.29) is 17.7 Å². The van der Waals surface area contributed by atoms with Crippen LogP contribution in [0.5, 0.6) is 0 Å². The summed E-state index contributed by atoms with van der Waals surface area (Å²) in [5, 5.41) is 9.82. The van der Waals surface area contributed by atoms with Crippen LogP contribution in [-0.2, 0) is 9.59 Å². The molecule has 0 bridgehead atoms. The first-order valence-corrected chi connectivity index (χ1v) is 6.17. The maximum Gasteiger partial charge on any atom is 0.326 e. The molecule has 1 amide bonds. The summed E-state index contributed by atoms with van der Waals surface area (Å²) in [4.78, 5) is 24.2. The second-order valence-corrected chi connectivity index (χ2v) is 4.95. The van der Waals surface area contributed by atoms with Gasteiger partial charge in [0.05, 0.1) is 0 Å². The van der Waals surface area contributed by atoms with Gasteiger partial charge in [-0.1, -0.05) is 29.8 Å². The fraction of sp³-hybridized carbons (Fsp3) is 0.800. The van der Waals surface area contributed by atoms with Gasteiger partial charge in [-0.3, -0.25) is 4.79 Å². The summed E-state index contributed by atoms with van der Waals surface area (Å²) in [6.07, 6.45) is 0.460. The van der Waals surface area contributed by atoms with Crippen molar-refractivity contribution in [2.75, 3.05) is 11.9 Å². The second-order valence-electron chi connectivity index (χ2n) is 4.30. The van der Waals surface area contributed by atoms with E-state index in [0.29, 0.717) is 13.0 Å². The van der Waals surface area contributed by atoms with Gasteiger partial charge >= 0.3 is 5.97 Å². The van der Waals surface area contributed by atoms with Crippen molar-refractivity contribution >= 4 is 27.8 Å². The maximum atomic E-state index is 11.6. The lowest BCUT2D eigenvalue weighted by molar-refractivity contribution is -0.150. The number of carboxylic acids is 1. The molecule has 0 spiro atoms. The maximum absolute atomic E-state index is 11.6. The number of carbonyl (C=O) groups excluding carboxylic acids is 1. The Balaban J connectivity index is 2.77. The number of hydrogen-bond donors (Lipinski definition) is 1. The highest BCUT2D eigenvalue weighted by Gasteiger charge is 2.38. The van der Waals surface area contributed by atoms with Crippen LogP contribution in [0, 0.1) is 11.8 Å². The topological polar surface area (TPSA) is 57.6 Å². The van der Waals surface area contributed by atoms with Crippen molar-refractivity contribution in [3.05, 3.63) is 0 Å². The number of aliphatic carboxylic acids is 1. The highest BCUT2D eigenvalue weighted by Crippen LogP contribution is 2.24. The van der Waals surface area contributed by atoms with Crippen molar-refractivity contribution in [2.24, 2.45) is 11.8 Å². The van der Waals surface area contributed by atoms with Gasteiger partial charge in [0.1, 0.15) is 6.04 Å². The van der Waals surface area contributed by atoms with Crippen LogP contribution in [0.4, 0.5) is 0 Å². The van der Waals surface area contributed by atoms with Gasteiger partial charge in [-0.25, -0.2) is 4.79 Å². The zero-order valence-corrected chi connectivity index (χ0v) is 10.5. The van der Waals surface area contributed by atoms with Gasteiger partial charge < -0.3 is 10.0 Å². The summed E-state index contributed by atoms with van der Waals surface area (Å²) in [5.41, 5.74) is 0. The lowest BCUT2D eigenvalue weighted by Crippen LogP contribution is -2.45. The highest BCUT2D eigenvalue weighted by atomic mass is 79.9. The average Bonchev–Trinajstić information content (AvgIpc) is 2.46. The molecule has 0 aromatic carbocycles. The molecule has 0 aromatic rings. The summed E-state index contributed by atoms with van der Waals surface area (Å²) in [5.74, 6) is -0.757. The van der Waals surface area contributed by atoms with Gasteiger partial charge in [-0.2, -0.15) is 0 Å². The van der Waals surface area contributed by atoms with Crippen molar-refractivity contribution in [3.8, 4) is 0 Å². The summed E-state index contributed by atoms with van der Waals surface area (Å²) >= 11 is 3.33. The minimum absolute atomic E-state index is 0.0412. The normalized spacial score (nSPS) is 23.6. The van der Waals surface area contributed by atoms with Gasteiger partial charge in [0.15, 0.2) is 0 Å². The molecule has 1 heterocycles. The second kappa shape index (κ2) is 4.96. The molecule has 4 nitrogen and oxygen atoms in total. The molecule has 0 radical (unpaired) electrons. The van der Waals surface area contributed by atoms with Gasteiger partial charge in [-0.05, 0) is 11.8 Å². The summed E-state index contributed by atoms with van der Waals surface area (Å²) in [7, 11) is 0. The van der Waals surface area contributed by atoms with Gasteiger partial charge in [0.2, 0.25) is 5.91 Å². The number of hydrogen-bond acceptors (Lipinski definition) is 2. The predicted molar refractivity (Wildman–Crippen MR) is 59.9 cm³/mol. The van der Waals surface area contributed by atoms with Crippen LogP contribution in [0.2, 0.25) is 0 Å². The fourth-order valence-corrected chi connectivity index (χ4v) is 2.39. The summed E-state index contributed by atoms with van der Waals surface area (Å²) in [6.45, 7) is 4.21. The zero-order chi connectivity index (χ0) is 11.6. The monoisotopic (exact) mass is 277 g/mol. The van der Waals surface area contributed by atoms with Crippen LogP contribution in [-0.4, -0.2) is 39.8 Å². The Hall–Kier alpha value is -0.580. The third kappa shape index (κ3) is 2.71. The van der Waals surface area contributed by atoms with Crippen LogP contribution in [0.25, 0.3) is 0 Å². The molecular formula is C10H16BrNO3. The van der Waals surface area contributed by atoms with E-state index in [2.05, 4.69) is 15.9 Å². The summed E-state index contributed by atoms with van der Waals surface area (Å²) in [6, 6.07) is -0.679. The first kappa shape index (κ1) is 12.5. The van der Waals surface area contributed by atoms with Crippen LogP contribution in [0.15, 0.2) is 0 Å². The van der Waals surface area contributed by atoms with E-state index < -0.39 is 12.0 Å². The Morgan fingerprint density at radius 3 is 2.60 bits per heavy atom. The third-order valence-electron chi connectivity index (χ3n) is 2.68.